The number of benzene rings is 1. The van der Waals surface area contributed by atoms with Crippen LogP contribution in [0.25, 0.3) is 0 Å². The lowest BCUT2D eigenvalue weighted by molar-refractivity contribution is 0.472. The van der Waals surface area contributed by atoms with Gasteiger partial charge in [-0.3, -0.25) is 4.98 Å². The van der Waals surface area contributed by atoms with Crippen LogP contribution in [0.5, 0.6) is 11.5 Å². The van der Waals surface area contributed by atoms with E-state index >= 15 is 0 Å². The summed E-state index contributed by atoms with van der Waals surface area (Å²) >= 11 is 0. The molecule has 17 heavy (non-hydrogen) atoms. The van der Waals surface area contributed by atoms with Gasteiger partial charge in [-0.05, 0) is 37.5 Å². The molecule has 3 nitrogen and oxygen atoms in total. The first-order valence-electron chi connectivity index (χ1n) is 5.53. The van der Waals surface area contributed by atoms with E-state index in [2.05, 4.69) is 31.0 Å². The van der Waals surface area contributed by atoms with Gasteiger partial charge in [0.2, 0.25) is 0 Å². The summed E-state index contributed by atoms with van der Waals surface area (Å²) in [5.41, 5.74) is 9.74. The molecule has 0 bridgehead atoms. The molecular weight excluding hydrogens is 212 g/mol. The Balaban J connectivity index is 2.39. The van der Waals surface area contributed by atoms with Gasteiger partial charge in [0.15, 0.2) is 0 Å². The van der Waals surface area contributed by atoms with E-state index in [0.29, 0.717) is 11.4 Å². The Morgan fingerprint density at radius 3 is 2.47 bits per heavy atom. The molecule has 0 aliphatic rings. The zero-order valence-corrected chi connectivity index (χ0v) is 10.3. The minimum Gasteiger partial charge on any atom is -0.455 e. The molecule has 0 unspecified atom stereocenters. The van der Waals surface area contributed by atoms with E-state index in [0.717, 1.165) is 16.9 Å². The molecule has 1 aromatic heterocycles. The first-order chi connectivity index (χ1) is 8.08. The summed E-state index contributed by atoms with van der Waals surface area (Å²) in [5, 5.41) is 0. The van der Waals surface area contributed by atoms with Crippen LogP contribution in [-0.2, 0) is 0 Å². The van der Waals surface area contributed by atoms with Gasteiger partial charge in [0.05, 0.1) is 18.1 Å². The average Bonchev–Trinajstić information content (AvgIpc) is 2.30. The van der Waals surface area contributed by atoms with Crippen LogP contribution in [0.15, 0.2) is 30.6 Å². The van der Waals surface area contributed by atoms with E-state index in [4.69, 9.17) is 10.5 Å². The van der Waals surface area contributed by atoms with Gasteiger partial charge in [0, 0.05) is 6.07 Å². The maximum absolute atomic E-state index is 5.86. The van der Waals surface area contributed by atoms with Crippen LogP contribution in [0.3, 0.4) is 0 Å². The number of hydrogen-bond acceptors (Lipinski definition) is 3. The van der Waals surface area contributed by atoms with Crippen LogP contribution in [0.1, 0.15) is 16.7 Å². The lowest BCUT2D eigenvalue weighted by Crippen LogP contribution is -1.95. The Labute approximate surface area is 101 Å². The third-order valence-corrected chi connectivity index (χ3v) is 2.83. The zero-order valence-electron chi connectivity index (χ0n) is 10.3. The molecule has 0 saturated carbocycles. The van der Waals surface area contributed by atoms with Crippen molar-refractivity contribution in [1.29, 1.82) is 0 Å². The van der Waals surface area contributed by atoms with Gasteiger partial charge in [0.1, 0.15) is 11.5 Å². The van der Waals surface area contributed by atoms with E-state index < -0.39 is 0 Å². The number of anilines is 1. The van der Waals surface area contributed by atoms with Crippen LogP contribution in [-0.4, -0.2) is 4.98 Å². The quantitative estimate of drug-likeness (QED) is 0.857. The standard InChI is InChI=1S/C14H16N2O/c1-9-4-5-10(2)14(11(9)3)17-13-6-12(15)7-16-8-13/h4-8H,15H2,1-3H3. The molecule has 2 N–H and O–H groups in total. The van der Waals surface area contributed by atoms with E-state index in [9.17, 15) is 0 Å². The minimum atomic E-state index is 0.602. The molecule has 3 heteroatoms. The highest BCUT2D eigenvalue weighted by molar-refractivity contribution is 5.48. The first kappa shape index (κ1) is 11.5. The third-order valence-electron chi connectivity index (χ3n) is 2.83. The maximum Gasteiger partial charge on any atom is 0.147 e. The monoisotopic (exact) mass is 228 g/mol. The van der Waals surface area contributed by atoms with Crippen LogP contribution in [0.4, 0.5) is 5.69 Å². The fourth-order valence-corrected chi connectivity index (χ4v) is 1.69. The number of hydrogen-bond donors (Lipinski definition) is 1. The van der Waals surface area contributed by atoms with Crippen molar-refractivity contribution in [2.45, 2.75) is 20.8 Å². The largest absolute Gasteiger partial charge is 0.455 e. The van der Waals surface area contributed by atoms with Gasteiger partial charge < -0.3 is 10.5 Å². The second-order valence-corrected chi connectivity index (χ2v) is 4.21. The first-order valence-corrected chi connectivity index (χ1v) is 5.53. The summed E-state index contributed by atoms with van der Waals surface area (Å²) in [6, 6.07) is 5.92. The SMILES string of the molecule is Cc1ccc(C)c(Oc2cncc(N)c2)c1C. The smallest absolute Gasteiger partial charge is 0.147 e. The molecule has 0 radical (unpaired) electrons. The Morgan fingerprint density at radius 2 is 1.76 bits per heavy atom. The van der Waals surface area contributed by atoms with Gasteiger partial charge in [-0.15, -0.1) is 0 Å². The van der Waals surface area contributed by atoms with Crippen LogP contribution < -0.4 is 10.5 Å². The minimum absolute atomic E-state index is 0.602. The fraction of sp³-hybridized carbons (Fsp3) is 0.214. The molecule has 2 rings (SSSR count). The van der Waals surface area contributed by atoms with Crippen LogP contribution in [0, 0.1) is 20.8 Å². The summed E-state index contributed by atoms with van der Waals surface area (Å²) in [6.07, 6.45) is 3.26. The maximum atomic E-state index is 5.86. The summed E-state index contributed by atoms with van der Waals surface area (Å²) in [6.45, 7) is 6.15. The average molecular weight is 228 g/mol. The molecule has 0 aliphatic carbocycles. The highest BCUT2D eigenvalue weighted by atomic mass is 16.5. The lowest BCUT2D eigenvalue weighted by Gasteiger charge is -2.13. The van der Waals surface area contributed by atoms with Gasteiger partial charge in [0.25, 0.3) is 0 Å². The highest BCUT2D eigenvalue weighted by Gasteiger charge is 2.07. The van der Waals surface area contributed by atoms with Crippen molar-refractivity contribution in [3.05, 3.63) is 47.3 Å². The Kier molecular flexibility index (Phi) is 3.00. The van der Waals surface area contributed by atoms with Gasteiger partial charge in [-0.25, -0.2) is 0 Å². The summed E-state index contributed by atoms with van der Waals surface area (Å²) < 4.78 is 5.86. The number of aromatic nitrogens is 1. The van der Waals surface area contributed by atoms with E-state index in [1.165, 1.54) is 5.56 Å². The molecule has 0 spiro atoms. The van der Waals surface area contributed by atoms with Crippen molar-refractivity contribution in [1.82, 2.24) is 4.98 Å². The van der Waals surface area contributed by atoms with Crippen molar-refractivity contribution in [3.63, 3.8) is 0 Å². The van der Waals surface area contributed by atoms with Crippen molar-refractivity contribution in [3.8, 4) is 11.5 Å². The predicted molar refractivity (Wildman–Crippen MR) is 69.4 cm³/mol. The van der Waals surface area contributed by atoms with Crippen LogP contribution in [0.2, 0.25) is 0 Å². The summed E-state index contributed by atoms with van der Waals surface area (Å²) in [5.74, 6) is 1.55. The van der Waals surface area contributed by atoms with Gasteiger partial charge in [-0.1, -0.05) is 12.1 Å². The Hall–Kier alpha value is -2.03. The molecule has 1 heterocycles. The summed E-state index contributed by atoms with van der Waals surface area (Å²) in [7, 11) is 0. The van der Waals surface area contributed by atoms with E-state index in [1.54, 1.807) is 18.5 Å². The molecule has 0 fully saturated rings. The highest BCUT2D eigenvalue weighted by Crippen LogP contribution is 2.30. The Morgan fingerprint density at radius 1 is 1.06 bits per heavy atom. The number of rotatable bonds is 2. The number of aryl methyl sites for hydroxylation is 2. The third kappa shape index (κ3) is 2.38. The molecule has 0 saturated heterocycles. The van der Waals surface area contributed by atoms with E-state index in [-0.39, 0.29) is 0 Å². The second-order valence-electron chi connectivity index (χ2n) is 4.21. The molecule has 1 aromatic carbocycles. The molecule has 0 atom stereocenters. The fourth-order valence-electron chi connectivity index (χ4n) is 1.69. The van der Waals surface area contributed by atoms with E-state index in [1.807, 2.05) is 6.92 Å². The van der Waals surface area contributed by atoms with Gasteiger partial charge >= 0.3 is 0 Å². The predicted octanol–water partition coefficient (Wildman–Crippen LogP) is 3.38. The number of nitrogens with two attached hydrogens (primary N) is 1. The van der Waals surface area contributed by atoms with Crippen molar-refractivity contribution < 1.29 is 4.74 Å². The van der Waals surface area contributed by atoms with Crippen LogP contribution >= 0.6 is 0 Å². The second kappa shape index (κ2) is 4.45. The molecule has 0 amide bonds. The lowest BCUT2D eigenvalue weighted by atomic mass is 10.1. The Bertz CT molecular complexity index is 550. The van der Waals surface area contributed by atoms with Gasteiger partial charge in [-0.2, -0.15) is 0 Å². The normalized spacial score (nSPS) is 10.3. The molecular formula is C14H16N2O. The zero-order chi connectivity index (χ0) is 12.4. The van der Waals surface area contributed by atoms with Crippen molar-refractivity contribution >= 4 is 5.69 Å². The number of nitrogen functional groups attached to an aromatic ring is 1. The number of pyridine rings is 1. The van der Waals surface area contributed by atoms with Crippen molar-refractivity contribution in [2.75, 3.05) is 5.73 Å². The molecule has 88 valence electrons. The molecule has 0 aliphatic heterocycles. The number of ether oxygens (including phenoxy) is 1. The van der Waals surface area contributed by atoms with Crippen molar-refractivity contribution in [2.24, 2.45) is 0 Å². The summed E-state index contributed by atoms with van der Waals surface area (Å²) in [4.78, 5) is 4.01. The number of nitrogens with zero attached hydrogens (tertiary/aromatic N) is 1. The molecule has 2 aromatic rings. The topological polar surface area (TPSA) is 48.1 Å².